The number of ether oxygens (including phenoxy) is 2. The van der Waals surface area contributed by atoms with Crippen LogP contribution in [0, 0.1) is 6.92 Å². The number of benzene rings is 1. The highest BCUT2D eigenvalue weighted by Crippen LogP contribution is 2.34. The Balaban J connectivity index is 1.75. The lowest BCUT2D eigenvalue weighted by Crippen LogP contribution is -2.36. The molecule has 1 aromatic carbocycles. The Kier molecular flexibility index (Phi) is 9.56. The maximum Gasteiger partial charge on any atom is 0.573 e. The van der Waals surface area contributed by atoms with E-state index >= 15 is 0 Å². The van der Waals surface area contributed by atoms with Crippen molar-refractivity contribution in [2.75, 3.05) is 0 Å². The van der Waals surface area contributed by atoms with Crippen molar-refractivity contribution in [3.63, 3.8) is 0 Å². The fourth-order valence-electron chi connectivity index (χ4n) is 4.40. The summed E-state index contributed by atoms with van der Waals surface area (Å²) in [6.45, 7) is 2.96. The number of carbonyl (C=O) groups excluding carboxylic acids is 2. The van der Waals surface area contributed by atoms with Crippen molar-refractivity contribution in [3.8, 4) is 17.0 Å². The van der Waals surface area contributed by atoms with Crippen molar-refractivity contribution in [1.82, 2.24) is 13.7 Å². The van der Waals surface area contributed by atoms with Crippen LogP contribution in [0.3, 0.4) is 0 Å². The fourth-order valence-corrected chi connectivity index (χ4v) is 5.53. The molecule has 2 N–H and O–H groups in total. The molecule has 0 bridgehead atoms. The fraction of sp³-hybridized carbons (Fsp3) is 0.370. The summed E-state index contributed by atoms with van der Waals surface area (Å²) in [5, 5.41) is 1.27. The highest BCUT2D eigenvalue weighted by molar-refractivity contribution is 7.07. The number of halogens is 4. The number of esters is 1. The lowest BCUT2D eigenvalue weighted by atomic mass is 10.1. The van der Waals surface area contributed by atoms with E-state index in [4.69, 9.17) is 26.5 Å². The van der Waals surface area contributed by atoms with E-state index in [0.717, 1.165) is 26.5 Å². The summed E-state index contributed by atoms with van der Waals surface area (Å²) in [5.41, 5.74) is 5.50. The number of aromatic nitrogens is 3. The Morgan fingerprint density at radius 2 is 1.91 bits per heavy atom. The van der Waals surface area contributed by atoms with Crippen molar-refractivity contribution < 1.29 is 36.7 Å². The number of rotatable bonds is 9. The number of hydrogen-bond donors (Lipinski definition) is 1. The van der Waals surface area contributed by atoms with E-state index in [9.17, 15) is 32.3 Å². The van der Waals surface area contributed by atoms with Crippen LogP contribution in [0.25, 0.3) is 22.4 Å². The lowest BCUT2D eigenvalue weighted by molar-refractivity contribution is -0.274. The Bertz CT molecular complexity index is 1940. The van der Waals surface area contributed by atoms with Gasteiger partial charge in [-0.25, -0.2) is 4.79 Å². The summed E-state index contributed by atoms with van der Waals surface area (Å²) in [4.78, 5) is 55.1. The average molecular weight is 658 g/mol. The van der Waals surface area contributed by atoms with Gasteiger partial charge >= 0.3 is 18.0 Å². The van der Waals surface area contributed by atoms with E-state index in [-0.39, 0.29) is 38.7 Å². The molecule has 4 rings (SSSR count). The van der Waals surface area contributed by atoms with Crippen molar-refractivity contribution in [2.24, 2.45) is 24.8 Å². The average Bonchev–Trinajstić information content (AvgIpc) is 3.50. The van der Waals surface area contributed by atoms with Gasteiger partial charge in [0.25, 0.3) is 11.5 Å². The molecule has 1 amide bonds. The predicted molar refractivity (Wildman–Crippen MR) is 154 cm³/mol. The van der Waals surface area contributed by atoms with Gasteiger partial charge in [-0.1, -0.05) is 24.9 Å². The van der Waals surface area contributed by atoms with E-state index in [1.54, 1.807) is 12.3 Å². The van der Waals surface area contributed by atoms with E-state index in [0.29, 0.717) is 24.1 Å². The number of nitrogens with two attached hydrogens (primary N) is 1. The zero-order valence-corrected chi connectivity index (χ0v) is 25.4. The van der Waals surface area contributed by atoms with Crippen LogP contribution in [0.15, 0.2) is 42.6 Å². The standard InChI is InChI=1S/C27H27ClF3N5O7S/c1-5-6-17(32)24(39)41-12-36-18(14-7-8-19(16(28)9-14)43-27(29,30)31)11-44-25(36)33-20(37)10-15-13(2)42-23-21(15)22(38)34(3)26(40)35(23)4/h7-9,11,17H,5-6,10,12,32H2,1-4H3/t17-/m0/s1. The Hall–Kier alpha value is -4.15. The number of aryl methyl sites for hydroxylation is 2. The molecule has 0 aliphatic rings. The Morgan fingerprint density at radius 1 is 1.20 bits per heavy atom. The summed E-state index contributed by atoms with van der Waals surface area (Å²) < 4.78 is 56.5. The van der Waals surface area contributed by atoms with Crippen LogP contribution in [0.1, 0.15) is 31.1 Å². The third-order valence-electron chi connectivity index (χ3n) is 6.63. The third-order valence-corrected chi connectivity index (χ3v) is 7.78. The van der Waals surface area contributed by atoms with Crippen molar-refractivity contribution >= 4 is 45.9 Å². The molecule has 0 aliphatic heterocycles. The van der Waals surface area contributed by atoms with Gasteiger partial charge < -0.3 is 19.6 Å². The monoisotopic (exact) mass is 657 g/mol. The van der Waals surface area contributed by atoms with Crippen LogP contribution in [0.5, 0.6) is 5.75 Å². The molecule has 0 saturated heterocycles. The number of hydrogen-bond acceptors (Lipinski definition) is 9. The van der Waals surface area contributed by atoms with Gasteiger partial charge in [0.2, 0.25) is 5.71 Å². The molecule has 0 fully saturated rings. The normalized spacial score (nSPS) is 13.0. The van der Waals surface area contributed by atoms with Gasteiger partial charge in [0.15, 0.2) is 11.5 Å². The van der Waals surface area contributed by atoms with E-state index in [2.05, 4.69) is 9.73 Å². The number of furan rings is 1. The third kappa shape index (κ3) is 6.81. The van der Waals surface area contributed by atoms with Gasteiger partial charge in [0.1, 0.15) is 22.9 Å². The summed E-state index contributed by atoms with van der Waals surface area (Å²) in [6.07, 6.45) is -4.32. The largest absolute Gasteiger partial charge is 0.573 e. The molecule has 236 valence electrons. The number of carbonyl (C=O) groups is 2. The van der Waals surface area contributed by atoms with Crippen molar-refractivity contribution in [2.45, 2.75) is 52.2 Å². The summed E-state index contributed by atoms with van der Waals surface area (Å²) in [5.74, 6) is -1.78. The molecule has 1 atom stereocenters. The van der Waals surface area contributed by atoms with Crippen molar-refractivity contribution in [1.29, 1.82) is 0 Å². The van der Waals surface area contributed by atoms with Crippen LogP contribution in [0.4, 0.5) is 13.2 Å². The van der Waals surface area contributed by atoms with Crippen LogP contribution in [0.2, 0.25) is 5.02 Å². The lowest BCUT2D eigenvalue weighted by Gasteiger charge is -2.14. The smallest absolute Gasteiger partial charge is 0.444 e. The summed E-state index contributed by atoms with van der Waals surface area (Å²) in [6, 6.07) is 2.66. The molecule has 0 saturated carbocycles. The van der Waals surface area contributed by atoms with Crippen molar-refractivity contribution in [3.05, 3.63) is 65.6 Å². The molecule has 3 heterocycles. The second kappa shape index (κ2) is 12.8. The van der Waals surface area contributed by atoms with Gasteiger partial charge in [-0.05, 0) is 31.5 Å². The maximum absolute atomic E-state index is 13.2. The minimum absolute atomic E-state index is 0.0111. The van der Waals surface area contributed by atoms with Gasteiger partial charge in [-0.15, -0.1) is 24.5 Å². The van der Waals surface area contributed by atoms with E-state index in [1.165, 1.54) is 30.8 Å². The second-order valence-electron chi connectivity index (χ2n) is 9.72. The van der Waals surface area contributed by atoms with Crippen LogP contribution in [-0.2, 0) is 41.6 Å². The first-order chi connectivity index (χ1) is 20.6. The first-order valence-electron chi connectivity index (χ1n) is 13.0. The van der Waals surface area contributed by atoms with Crippen LogP contribution >= 0.6 is 22.9 Å². The number of alkyl halides is 3. The maximum atomic E-state index is 13.2. The number of nitrogens with zero attached hydrogens (tertiary/aromatic N) is 4. The van der Waals surface area contributed by atoms with E-state index < -0.39 is 48.0 Å². The minimum atomic E-state index is -4.96. The highest BCUT2D eigenvalue weighted by atomic mass is 35.5. The topological polar surface area (TPSA) is 153 Å². The molecule has 44 heavy (non-hydrogen) atoms. The second-order valence-corrected chi connectivity index (χ2v) is 11.0. The molecule has 3 aromatic heterocycles. The van der Waals surface area contributed by atoms with Gasteiger partial charge in [0.05, 0.1) is 17.1 Å². The molecule has 0 radical (unpaired) electrons. The summed E-state index contributed by atoms with van der Waals surface area (Å²) in [7, 11) is 2.74. The molecule has 17 heteroatoms. The molecular formula is C27H27ClF3N5O7S. The van der Waals surface area contributed by atoms with Crippen LogP contribution in [-0.4, -0.2) is 38.0 Å². The highest BCUT2D eigenvalue weighted by Gasteiger charge is 2.32. The zero-order chi connectivity index (χ0) is 32.5. The summed E-state index contributed by atoms with van der Waals surface area (Å²) >= 11 is 7.04. The molecule has 0 aliphatic carbocycles. The minimum Gasteiger partial charge on any atom is -0.444 e. The van der Waals surface area contributed by atoms with Gasteiger partial charge in [0, 0.05) is 30.6 Å². The number of fused-ring (bicyclic) bond motifs is 1. The SMILES string of the molecule is CCC[C@H](N)C(=O)OCn1c(-c2ccc(OC(F)(F)F)c(Cl)c2)csc1=NC(=O)Cc1c(C)oc2c1c(=O)n(C)c(=O)n2C. The first kappa shape index (κ1) is 32.8. The zero-order valence-electron chi connectivity index (χ0n) is 23.9. The quantitative estimate of drug-likeness (QED) is 0.268. The molecular weight excluding hydrogens is 631 g/mol. The number of amides is 1. The van der Waals surface area contributed by atoms with Gasteiger partial charge in [-0.3, -0.25) is 28.1 Å². The number of thiazole rings is 1. The Morgan fingerprint density at radius 3 is 2.55 bits per heavy atom. The first-order valence-corrected chi connectivity index (χ1v) is 14.3. The predicted octanol–water partition coefficient (Wildman–Crippen LogP) is 3.52. The molecule has 4 aromatic rings. The molecule has 0 spiro atoms. The Labute approximate surface area is 255 Å². The molecule has 12 nitrogen and oxygen atoms in total. The van der Waals surface area contributed by atoms with Crippen LogP contribution < -0.4 is 26.5 Å². The van der Waals surface area contributed by atoms with Gasteiger partial charge in [-0.2, -0.15) is 4.99 Å². The van der Waals surface area contributed by atoms with E-state index in [1.807, 2.05) is 6.92 Å². The molecule has 0 unspecified atom stereocenters.